The number of halogens is 1. The average Bonchev–Trinajstić information content (AvgIpc) is 1.66. The van der Waals surface area contributed by atoms with Gasteiger partial charge in [-0.3, -0.25) is 4.98 Å². The van der Waals surface area contributed by atoms with Crippen LogP contribution in [0.2, 0.25) is 0 Å². The Morgan fingerprint density at radius 1 is 0.373 bits per heavy atom. The van der Waals surface area contributed by atoms with E-state index in [2.05, 4.69) is 315 Å². The third-order valence-corrected chi connectivity index (χ3v) is 16.1. The molecule has 0 saturated heterocycles. The number of fused-ring (bicyclic) bond motifs is 1. The number of imidazole rings is 1. The van der Waals surface area contributed by atoms with E-state index in [4.69, 9.17) is 5.26 Å². The molecule has 102 heavy (non-hydrogen) atoms. The van der Waals surface area contributed by atoms with Crippen LogP contribution in [0.4, 0.5) is 4.39 Å². The summed E-state index contributed by atoms with van der Waals surface area (Å²) in [6.45, 7) is 56.3. The minimum absolute atomic E-state index is 0. The zero-order valence-electron chi connectivity index (χ0n) is 67.6. The Bertz CT molecular complexity index is 3720. The normalized spacial score (nSPS) is 10.5. The van der Waals surface area contributed by atoms with Gasteiger partial charge in [0.15, 0.2) is 5.65 Å². The maximum atomic E-state index is 13.2. The predicted molar refractivity (Wildman–Crippen MR) is 445 cm³/mol. The van der Waals surface area contributed by atoms with Gasteiger partial charge in [0, 0.05) is 11.9 Å². The Kier molecular flexibility index (Phi) is 45.1. The Balaban J connectivity index is 0.000000575. The molecule has 10 aromatic rings. The maximum Gasteiger partial charge on any atom is 0.154 e. The number of hydrogen-bond donors (Lipinski definition) is 0. The van der Waals surface area contributed by atoms with Gasteiger partial charge in [0.2, 0.25) is 0 Å². The minimum atomic E-state index is -0.0660. The second kappa shape index (κ2) is 50.2. The van der Waals surface area contributed by atoms with E-state index in [-0.39, 0.29) is 13.2 Å². The fourth-order valence-corrected chi connectivity index (χ4v) is 10.5. The van der Waals surface area contributed by atoms with Crippen molar-refractivity contribution in [2.45, 2.75) is 244 Å². The van der Waals surface area contributed by atoms with Gasteiger partial charge in [-0.15, -0.1) is 0 Å². The molecule has 3 heterocycles. The van der Waals surface area contributed by atoms with Gasteiger partial charge in [0.25, 0.3) is 0 Å². The van der Waals surface area contributed by atoms with Crippen molar-refractivity contribution >= 4 is 5.65 Å². The number of benzene rings is 7. The fourth-order valence-electron chi connectivity index (χ4n) is 10.5. The Hall–Kier alpha value is -8.27. The van der Waals surface area contributed by atoms with Crippen molar-refractivity contribution < 1.29 is 4.39 Å². The van der Waals surface area contributed by atoms with E-state index < -0.39 is 0 Å². The zero-order valence-corrected chi connectivity index (χ0v) is 67.6. The van der Waals surface area contributed by atoms with Gasteiger partial charge in [-0.1, -0.05) is 312 Å². The summed E-state index contributed by atoms with van der Waals surface area (Å²) in [4.78, 5) is 8.73. The van der Waals surface area contributed by atoms with Gasteiger partial charge in [0.05, 0.1) is 28.7 Å². The summed E-state index contributed by atoms with van der Waals surface area (Å²) in [6, 6.07) is 69.1. The summed E-state index contributed by atoms with van der Waals surface area (Å²) in [7, 11) is 0. The smallest absolute Gasteiger partial charge is 0.154 e. The first-order valence-electron chi connectivity index (χ1n) is 37.4. The lowest BCUT2D eigenvalue weighted by atomic mass is 10.0. The highest BCUT2D eigenvalue weighted by Gasteiger charge is 2.12. The van der Waals surface area contributed by atoms with Crippen LogP contribution in [0.5, 0.6) is 0 Å². The van der Waals surface area contributed by atoms with Crippen LogP contribution >= 0.6 is 0 Å². The molecule has 6 heteroatoms. The van der Waals surface area contributed by atoms with Crippen LogP contribution in [0.1, 0.15) is 250 Å². The molecule has 0 N–H and O–H groups in total. The standard InChI is InChI=1S/C12H17N3.C11H15F.C11H13N.2C11H16.3C10H14.C9H13N.CH4/c1-8(2)7-11-10(4)13-12-6-5-9(3)14-15(11)12;1-8(2)6-10-5-4-9(3)7-11(10)12;1-9(2)7-10-3-5-11(8-12)6-4-10;2*1-9(2)8-11-6-4-10(3)5-7-11;2*1-8(2)10-6-4-9(3)5-7-10;1-8(2)10-6-4-5-9(3)7-10;1-8(2)7-9-5-3-4-6-10-9;/h5-6,8H,7H2,1-4H3;4-5,7-8H,6H2,1-3H3;3-6,9H,7H2,1-2H3;2*4-7,9H,8H2,1-3H3;3*4-8H,1-3H3;3-6,8H,7H2,1-2H3;1H4. The summed E-state index contributed by atoms with van der Waals surface area (Å²) < 4.78 is 15.2. The number of hydrogen-bond acceptors (Lipinski definition) is 4. The zero-order chi connectivity index (χ0) is 75.7. The molecule has 0 spiro atoms. The van der Waals surface area contributed by atoms with Crippen LogP contribution < -0.4 is 0 Å². The van der Waals surface area contributed by atoms with Crippen molar-refractivity contribution in [1.82, 2.24) is 19.6 Å². The monoisotopic (exact) mass is 1380 g/mol. The van der Waals surface area contributed by atoms with Gasteiger partial charge in [0.1, 0.15) is 5.82 Å². The van der Waals surface area contributed by atoms with Gasteiger partial charge < -0.3 is 0 Å². The minimum Gasteiger partial charge on any atom is -0.261 e. The summed E-state index contributed by atoms with van der Waals surface area (Å²) >= 11 is 0. The number of rotatable bonds is 15. The van der Waals surface area contributed by atoms with Crippen molar-refractivity contribution in [3.8, 4) is 6.07 Å². The number of aromatic nitrogens is 4. The van der Waals surface area contributed by atoms with E-state index in [1.54, 1.807) is 6.07 Å². The molecule has 0 aliphatic carbocycles. The lowest BCUT2D eigenvalue weighted by Gasteiger charge is -2.06. The molecule has 10 rings (SSSR count). The highest BCUT2D eigenvalue weighted by atomic mass is 19.1. The molecule has 0 fully saturated rings. The number of aryl methyl sites for hydroxylation is 8. The molecular formula is C96H136FN5. The molecule has 0 amide bonds. The topological polar surface area (TPSA) is 66.9 Å². The first kappa shape index (κ1) is 91.7. The van der Waals surface area contributed by atoms with Crippen LogP contribution in [0.15, 0.2) is 200 Å². The molecule has 0 bridgehead atoms. The van der Waals surface area contributed by atoms with Gasteiger partial charge in [-0.2, -0.15) is 10.4 Å². The van der Waals surface area contributed by atoms with Crippen molar-refractivity contribution in [2.24, 2.45) is 35.5 Å². The van der Waals surface area contributed by atoms with Crippen molar-refractivity contribution in [2.75, 3.05) is 0 Å². The van der Waals surface area contributed by atoms with E-state index in [0.29, 0.717) is 41.4 Å². The second-order valence-corrected chi connectivity index (χ2v) is 30.9. The van der Waals surface area contributed by atoms with E-state index >= 15 is 0 Å². The number of nitrogens with zero attached hydrogens (tertiary/aromatic N) is 5. The summed E-state index contributed by atoms with van der Waals surface area (Å²) in [5.41, 5.74) is 23.3. The molecule has 0 aliphatic rings. The molecule has 0 radical (unpaired) electrons. The first-order valence-corrected chi connectivity index (χ1v) is 37.4. The van der Waals surface area contributed by atoms with Gasteiger partial charge in [-0.05, 0) is 234 Å². The molecule has 7 aromatic carbocycles. The molecule has 0 saturated carbocycles. The lowest BCUT2D eigenvalue weighted by Crippen LogP contribution is -2.03. The van der Waals surface area contributed by atoms with Crippen LogP contribution in [-0.4, -0.2) is 19.6 Å². The highest BCUT2D eigenvalue weighted by molar-refractivity contribution is 5.42. The largest absolute Gasteiger partial charge is 0.261 e. The average molecular weight is 1380 g/mol. The predicted octanol–water partition coefficient (Wildman–Crippen LogP) is 27.3. The van der Waals surface area contributed by atoms with E-state index in [0.717, 1.165) is 71.2 Å². The second-order valence-electron chi connectivity index (χ2n) is 30.9. The quantitative estimate of drug-likeness (QED) is 0.103. The number of nitriles is 1. The SMILES string of the molecule is C.CC(C)Cc1ccc(C#N)cc1.CC(C)Cc1ccccn1.Cc1ccc(C(C)C)cc1.Cc1ccc(C(C)C)cc1.Cc1ccc(CC(C)C)c(F)c1.Cc1ccc(CC(C)C)cc1.Cc1ccc(CC(C)C)cc1.Cc1ccc2nc(C)c(CC(C)C)n2n1.Cc1cccc(C(C)C)c1. The first-order chi connectivity index (χ1) is 47.6. The fraction of sp³-hybridized carbons (Fsp3) is 0.438. The Labute approximate surface area is 623 Å². The van der Waals surface area contributed by atoms with Gasteiger partial charge in [-0.25, -0.2) is 13.9 Å². The highest BCUT2D eigenvalue weighted by Crippen LogP contribution is 2.20. The van der Waals surface area contributed by atoms with E-state index in [9.17, 15) is 4.39 Å². The molecule has 552 valence electrons. The van der Waals surface area contributed by atoms with E-state index in [1.807, 2.05) is 85.2 Å². The maximum absolute atomic E-state index is 13.2. The third kappa shape index (κ3) is 41.0. The molecule has 5 nitrogen and oxygen atoms in total. The van der Waals surface area contributed by atoms with Crippen LogP contribution in [0.3, 0.4) is 0 Å². The molecule has 3 aromatic heterocycles. The molecule has 0 atom stereocenters. The van der Waals surface area contributed by atoms with Crippen molar-refractivity contribution in [1.29, 1.82) is 5.26 Å². The van der Waals surface area contributed by atoms with E-state index in [1.165, 1.54) is 85.4 Å². The summed E-state index contributed by atoms with van der Waals surface area (Å²) in [5.74, 6) is 5.95. The van der Waals surface area contributed by atoms with Crippen LogP contribution in [0, 0.1) is 108 Å². The van der Waals surface area contributed by atoms with Crippen LogP contribution in [0.25, 0.3) is 5.65 Å². The lowest BCUT2D eigenvalue weighted by molar-refractivity contribution is 0.573. The van der Waals surface area contributed by atoms with Crippen LogP contribution in [-0.2, 0) is 38.5 Å². The van der Waals surface area contributed by atoms with Crippen molar-refractivity contribution in [3.05, 3.63) is 307 Å². The molecule has 0 unspecified atom stereocenters. The third-order valence-electron chi connectivity index (χ3n) is 16.1. The van der Waals surface area contributed by atoms with Gasteiger partial charge >= 0.3 is 0 Å². The molecular weight excluding hydrogens is 1240 g/mol. The summed E-state index contributed by atoms with van der Waals surface area (Å²) in [6.07, 6.45) is 8.26. The Morgan fingerprint density at radius 2 is 0.765 bits per heavy atom. The van der Waals surface area contributed by atoms with Crippen molar-refractivity contribution in [3.63, 3.8) is 0 Å². The number of pyridine rings is 1. The summed E-state index contributed by atoms with van der Waals surface area (Å²) in [5, 5.41) is 13.1. The Morgan fingerprint density at radius 3 is 1.12 bits per heavy atom. The molecule has 0 aliphatic heterocycles.